The third-order valence-corrected chi connectivity index (χ3v) is 6.46. The van der Waals surface area contributed by atoms with Gasteiger partial charge >= 0.3 is 0 Å². The van der Waals surface area contributed by atoms with E-state index < -0.39 is 6.04 Å². The molecule has 2 aromatic carbocycles. The molecular weight excluding hydrogens is 446 g/mol. The molecule has 7 nitrogen and oxygen atoms in total. The number of carbonyl (C=O) groups is 1. The van der Waals surface area contributed by atoms with E-state index >= 15 is 0 Å². The summed E-state index contributed by atoms with van der Waals surface area (Å²) in [4.78, 5) is 28.9. The first-order chi connectivity index (χ1) is 16.9. The minimum atomic E-state index is -0.614. The molecule has 1 atom stereocenters. The molecule has 0 bridgehead atoms. The molecule has 35 heavy (non-hydrogen) atoms. The largest absolute Gasteiger partial charge is 0.493 e. The summed E-state index contributed by atoms with van der Waals surface area (Å²) in [5.41, 5.74) is 3.14. The number of hydrogen-bond acceptors (Lipinski definition) is 6. The maximum Gasteiger partial charge on any atom is 0.290 e. The van der Waals surface area contributed by atoms with Gasteiger partial charge in [0.1, 0.15) is 5.58 Å². The molecule has 3 aromatic rings. The molecule has 0 spiro atoms. The highest BCUT2D eigenvalue weighted by Crippen LogP contribution is 2.41. The van der Waals surface area contributed by atoms with Crippen LogP contribution in [0.5, 0.6) is 11.5 Å². The van der Waals surface area contributed by atoms with E-state index in [0.717, 1.165) is 36.0 Å². The van der Waals surface area contributed by atoms with Crippen molar-refractivity contribution in [3.8, 4) is 11.5 Å². The maximum atomic E-state index is 13.8. The average molecular weight is 480 g/mol. The fraction of sp³-hybridized carbons (Fsp3) is 0.429. The standard InChI is InChI=1S/C28H33NO6/c1-6-7-8-12-34-20-10-9-19(16-21(20)33-5)25-24-26(30)23-18(3)14-17(2)15-22(23)35-27(24)28(31)29(25)11-13-32-4/h9-10,14-16,25H,6-8,11-13H2,1-5H3. The lowest BCUT2D eigenvalue weighted by atomic mass is 9.96. The molecule has 0 N–H and O–H groups in total. The minimum Gasteiger partial charge on any atom is -0.493 e. The van der Waals surface area contributed by atoms with Gasteiger partial charge in [-0.3, -0.25) is 9.59 Å². The van der Waals surface area contributed by atoms with Gasteiger partial charge in [-0.1, -0.05) is 31.9 Å². The summed E-state index contributed by atoms with van der Waals surface area (Å²) in [7, 11) is 3.17. The van der Waals surface area contributed by atoms with Gasteiger partial charge in [0.25, 0.3) is 5.91 Å². The number of amides is 1. The lowest BCUT2D eigenvalue weighted by molar-refractivity contribution is 0.0663. The molecule has 1 amide bonds. The molecule has 4 rings (SSSR count). The first-order valence-electron chi connectivity index (χ1n) is 12.1. The molecule has 0 aliphatic carbocycles. The van der Waals surface area contributed by atoms with E-state index in [0.29, 0.717) is 47.8 Å². The van der Waals surface area contributed by atoms with E-state index in [1.165, 1.54) is 0 Å². The van der Waals surface area contributed by atoms with E-state index in [2.05, 4.69) is 6.92 Å². The Labute approximate surface area is 205 Å². The average Bonchev–Trinajstić information content (AvgIpc) is 3.11. The fourth-order valence-electron chi connectivity index (χ4n) is 4.79. The van der Waals surface area contributed by atoms with Gasteiger partial charge in [0.05, 0.1) is 37.3 Å². The first-order valence-corrected chi connectivity index (χ1v) is 12.1. The lowest BCUT2D eigenvalue weighted by Crippen LogP contribution is -2.32. The molecule has 7 heteroatoms. The number of unbranched alkanes of at least 4 members (excludes halogenated alkanes) is 2. The van der Waals surface area contributed by atoms with E-state index in [1.54, 1.807) is 25.2 Å². The Kier molecular flexibility index (Phi) is 7.45. The number of carbonyl (C=O) groups excluding carboxylic acids is 1. The number of methoxy groups -OCH3 is 2. The van der Waals surface area contributed by atoms with Crippen molar-refractivity contribution in [1.82, 2.24) is 4.90 Å². The van der Waals surface area contributed by atoms with Crippen LogP contribution in [0.15, 0.2) is 39.5 Å². The van der Waals surface area contributed by atoms with Crippen molar-refractivity contribution in [3.05, 3.63) is 68.6 Å². The number of fused-ring (bicyclic) bond motifs is 2. The van der Waals surface area contributed by atoms with Crippen LogP contribution >= 0.6 is 0 Å². The van der Waals surface area contributed by atoms with Gasteiger partial charge < -0.3 is 23.5 Å². The van der Waals surface area contributed by atoms with E-state index in [4.69, 9.17) is 18.6 Å². The number of hydrogen-bond donors (Lipinski definition) is 0. The number of nitrogens with zero attached hydrogens (tertiary/aromatic N) is 1. The molecule has 2 heterocycles. The third kappa shape index (κ3) is 4.65. The molecule has 1 aliphatic heterocycles. The second kappa shape index (κ2) is 10.5. The van der Waals surface area contributed by atoms with Crippen molar-refractivity contribution in [2.45, 2.75) is 46.1 Å². The lowest BCUT2D eigenvalue weighted by Gasteiger charge is -2.25. The van der Waals surface area contributed by atoms with Crippen molar-refractivity contribution < 1.29 is 23.4 Å². The van der Waals surface area contributed by atoms with Gasteiger partial charge in [-0.2, -0.15) is 0 Å². The Hall–Kier alpha value is -3.32. The Balaban J connectivity index is 1.84. The fourth-order valence-corrected chi connectivity index (χ4v) is 4.79. The van der Waals surface area contributed by atoms with Crippen molar-refractivity contribution >= 4 is 16.9 Å². The number of aryl methyl sites for hydroxylation is 2. The third-order valence-electron chi connectivity index (χ3n) is 6.46. The number of rotatable bonds is 10. The number of benzene rings is 2. The predicted octanol–water partition coefficient (Wildman–Crippen LogP) is 5.18. The summed E-state index contributed by atoms with van der Waals surface area (Å²) >= 11 is 0. The SMILES string of the molecule is CCCCCOc1ccc(C2c3c(oc4cc(C)cc(C)c4c3=O)C(=O)N2CCOC)cc1OC. The van der Waals surface area contributed by atoms with Crippen molar-refractivity contribution in [1.29, 1.82) is 0 Å². The first kappa shape index (κ1) is 24.8. The molecule has 1 aliphatic rings. The molecular formula is C28H33NO6. The van der Waals surface area contributed by atoms with Gasteiger partial charge in [0.2, 0.25) is 5.76 Å². The highest BCUT2D eigenvalue weighted by molar-refractivity contribution is 5.99. The molecule has 1 aromatic heterocycles. The molecule has 186 valence electrons. The van der Waals surface area contributed by atoms with Crippen LogP contribution in [0.1, 0.15) is 65.0 Å². The molecule has 0 saturated carbocycles. The van der Waals surface area contributed by atoms with Gasteiger partial charge in [-0.05, 0) is 55.2 Å². The van der Waals surface area contributed by atoms with E-state index in [1.807, 2.05) is 38.1 Å². The monoisotopic (exact) mass is 479 g/mol. The van der Waals surface area contributed by atoms with Crippen LogP contribution in [-0.2, 0) is 4.74 Å². The van der Waals surface area contributed by atoms with Crippen LogP contribution in [0, 0.1) is 13.8 Å². The molecule has 0 saturated heterocycles. The molecule has 0 fully saturated rings. The topological polar surface area (TPSA) is 78.2 Å². The summed E-state index contributed by atoms with van der Waals surface area (Å²) in [6.07, 6.45) is 3.17. The van der Waals surface area contributed by atoms with Crippen LogP contribution in [0.3, 0.4) is 0 Å². The van der Waals surface area contributed by atoms with Crippen molar-refractivity contribution in [2.24, 2.45) is 0 Å². The van der Waals surface area contributed by atoms with E-state index in [-0.39, 0.29) is 17.1 Å². The second-order valence-electron chi connectivity index (χ2n) is 8.99. The molecule has 0 radical (unpaired) electrons. The summed E-state index contributed by atoms with van der Waals surface area (Å²) in [6, 6.07) is 8.71. The normalized spacial score (nSPS) is 15.1. The highest BCUT2D eigenvalue weighted by Gasteiger charge is 2.43. The van der Waals surface area contributed by atoms with E-state index in [9.17, 15) is 9.59 Å². The zero-order valence-corrected chi connectivity index (χ0v) is 21.1. The van der Waals surface area contributed by atoms with Gasteiger partial charge in [0, 0.05) is 13.7 Å². The summed E-state index contributed by atoms with van der Waals surface area (Å²) in [5, 5.41) is 0.503. The summed E-state index contributed by atoms with van der Waals surface area (Å²) in [6.45, 7) is 7.22. The Morgan fingerprint density at radius 2 is 1.80 bits per heavy atom. The van der Waals surface area contributed by atoms with Crippen LogP contribution in [0.4, 0.5) is 0 Å². The maximum absolute atomic E-state index is 13.8. The minimum absolute atomic E-state index is 0.0902. The Morgan fingerprint density at radius 1 is 1.00 bits per heavy atom. The second-order valence-corrected chi connectivity index (χ2v) is 8.99. The zero-order chi connectivity index (χ0) is 25.1. The van der Waals surface area contributed by atoms with Crippen molar-refractivity contribution in [2.75, 3.05) is 34.0 Å². The smallest absolute Gasteiger partial charge is 0.290 e. The summed E-state index contributed by atoms with van der Waals surface area (Å²) < 4.78 is 22.9. The quantitative estimate of drug-likeness (QED) is 0.373. The zero-order valence-electron chi connectivity index (χ0n) is 21.1. The van der Waals surface area contributed by atoms with Crippen LogP contribution in [-0.4, -0.2) is 44.8 Å². The predicted molar refractivity (Wildman–Crippen MR) is 135 cm³/mol. The Morgan fingerprint density at radius 3 is 2.51 bits per heavy atom. The van der Waals surface area contributed by atoms with Gasteiger partial charge in [0.15, 0.2) is 16.9 Å². The number of ether oxygens (including phenoxy) is 3. The van der Waals surface area contributed by atoms with Crippen LogP contribution < -0.4 is 14.9 Å². The van der Waals surface area contributed by atoms with Crippen LogP contribution in [0.2, 0.25) is 0 Å². The Bertz CT molecular complexity index is 1290. The highest BCUT2D eigenvalue weighted by atomic mass is 16.5. The van der Waals surface area contributed by atoms with Gasteiger partial charge in [-0.25, -0.2) is 0 Å². The summed E-state index contributed by atoms with van der Waals surface area (Å²) in [5.74, 6) is 0.965. The molecule has 1 unspecified atom stereocenters. The van der Waals surface area contributed by atoms with Gasteiger partial charge in [-0.15, -0.1) is 0 Å². The van der Waals surface area contributed by atoms with Crippen molar-refractivity contribution in [3.63, 3.8) is 0 Å². The van der Waals surface area contributed by atoms with Crippen LogP contribution in [0.25, 0.3) is 11.0 Å².